The van der Waals surface area contributed by atoms with E-state index in [1.54, 1.807) is 6.26 Å². The number of piperazine rings is 1. The van der Waals surface area contributed by atoms with E-state index in [1.165, 1.54) is 0 Å². The summed E-state index contributed by atoms with van der Waals surface area (Å²) in [5.41, 5.74) is 0. The first-order valence-corrected chi connectivity index (χ1v) is 10.4. The number of hydrogen-bond donors (Lipinski definition) is 1. The molecule has 154 valence electrons. The van der Waals surface area contributed by atoms with Gasteiger partial charge >= 0.3 is 0 Å². The van der Waals surface area contributed by atoms with Gasteiger partial charge in [0.15, 0.2) is 5.96 Å². The maximum absolute atomic E-state index is 12.7. The molecule has 2 aliphatic rings. The number of hydrogen-bond acceptors (Lipinski definition) is 4. The molecule has 2 saturated heterocycles. The highest BCUT2D eigenvalue weighted by atomic mass is 16.3. The minimum absolute atomic E-state index is 0.0410. The van der Waals surface area contributed by atoms with E-state index in [2.05, 4.69) is 21.7 Å². The Labute approximate surface area is 168 Å². The third-order valence-corrected chi connectivity index (χ3v) is 5.54. The average molecular weight is 388 g/mol. The molecule has 2 fully saturated rings. The minimum Gasteiger partial charge on any atom is -0.469 e. The van der Waals surface area contributed by atoms with Gasteiger partial charge in [0.25, 0.3) is 0 Å². The van der Waals surface area contributed by atoms with E-state index >= 15 is 0 Å². The number of aliphatic imine (C=N–C) groups is 1. The van der Waals surface area contributed by atoms with Crippen molar-refractivity contribution in [1.82, 2.24) is 20.0 Å². The second-order valence-corrected chi connectivity index (χ2v) is 7.44. The number of likely N-dealkylation sites (tertiary alicyclic amines) is 1. The van der Waals surface area contributed by atoms with Crippen molar-refractivity contribution in [1.29, 1.82) is 0 Å². The SMILES string of the molecule is C=CCNC(=NCCc1ccco1)N1CCN(C(C)C(=O)N2CCCC2)CC1. The van der Waals surface area contributed by atoms with E-state index in [0.29, 0.717) is 13.1 Å². The van der Waals surface area contributed by atoms with E-state index in [1.807, 2.05) is 30.0 Å². The number of rotatable bonds is 7. The van der Waals surface area contributed by atoms with E-state index in [-0.39, 0.29) is 11.9 Å². The lowest BCUT2D eigenvalue weighted by Crippen LogP contribution is -2.57. The summed E-state index contributed by atoms with van der Waals surface area (Å²) < 4.78 is 5.38. The van der Waals surface area contributed by atoms with Crippen LogP contribution in [-0.4, -0.2) is 85.0 Å². The molecule has 1 N–H and O–H groups in total. The van der Waals surface area contributed by atoms with Gasteiger partial charge in [-0.25, -0.2) is 0 Å². The monoisotopic (exact) mass is 387 g/mol. The Kier molecular flexibility index (Phi) is 7.54. The van der Waals surface area contributed by atoms with Crippen LogP contribution >= 0.6 is 0 Å². The first kappa shape index (κ1) is 20.5. The number of carbonyl (C=O) groups is 1. The van der Waals surface area contributed by atoms with Gasteiger partial charge in [-0.1, -0.05) is 6.08 Å². The number of nitrogens with zero attached hydrogens (tertiary/aromatic N) is 4. The molecule has 0 aromatic carbocycles. The molecule has 28 heavy (non-hydrogen) atoms. The van der Waals surface area contributed by atoms with Gasteiger partial charge in [0.05, 0.1) is 12.3 Å². The van der Waals surface area contributed by atoms with Crippen molar-refractivity contribution in [2.24, 2.45) is 4.99 Å². The van der Waals surface area contributed by atoms with Crippen LogP contribution in [0.3, 0.4) is 0 Å². The highest BCUT2D eigenvalue weighted by Gasteiger charge is 2.30. The Bertz CT molecular complexity index is 644. The third kappa shape index (κ3) is 5.38. The highest BCUT2D eigenvalue weighted by Crippen LogP contribution is 2.14. The molecule has 0 aliphatic carbocycles. The summed E-state index contributed by atoms with van der Waals surface area (Å²) in [6, 6.07) is 3.84. The maximum atomic E-state index is 12.7. The second kappa shape index (κ2) is 10.3. The van der Waals surface area contributed by atoms with Crippen molar-refractivity contribution in [2.75, 3.05) is 52.4 Å². The fourth-order valence-electron chi connectivity index (χ4n) is 3.84. The molecule has 1 unspecified atom stereocenters. The fraction of sp³-hybridized carbons (Fsp3) is 0.619. The summed E-state index contributed by atoms with van der Waals surface area (Å²) in [4.78, 5) is 24.0. The topological polar surface area (TPSA) is 64.3 Å². The molecule has 0 bridgehead atoms. The van der Waals surface area contributed by atoms with Gasteiger partial charge in [0.1, 0.15) is 5.76 Å². The Hall–Kier alpha value is -2.28. The van der Waals surface area contributed by atoms with Gasteiger partial charge in [-0.15, -0.1) is 6.58 Å². The average Bonchev–Trinajstić information content (AvgIpc) is 3.44. The van der Waals surface area contributed by atoms with Crippen LogP contribution in [0.25, 0.3) is 0 Å². The summed E-state index contributed by atoms with van der Waals surface area (Å²) >= 11 is 0. The van der Waals surface area contributed by atoms with Gasteiger partial charge in [-0.3, -0.25) is 14.7 Å². The Morgan fingerprint density at radius 3 is 2.64 bits per heavy atom. The van der Waals surface area contributed by atoms with Gasteiger partial charge in [-0.05, 0) is 31.9 Å². The molecule has 2 aliphatic heterocycles. The molecule has 1 atom stereocenters. The molecular formula is C21H33N5O2. The van der Waals surface area contributed by atoms with Gasteiger partial charge in [-0.2, -0.15) is 0 Å². The van der Waals surface area contributed by atoms with Crippen molar-refractivity contribution in [3.05, 3.63) is 36.8 Å². The number of guanidine groups is 1. The molecular weight excluding hydrogens is 354 g/mol. The Morgan fingerprint density at radius 1 is 1.25 bits per heavy atom. The smallest absolute Gasteiger partial charge is 0.239 e. The highest BCUT2D eigenvalue weighted by molar-refractivity contribution is 5.82. The molecule has 3 heterocycles. The number of carbonyl (C=O) groups excluding carboxylic acids is 1. The zero-order valence-corrected chi connectivity index (χ0v) is 17.0. The van der Waals surface area contributed by atoms with Crippen molar-refractivity contribution in [2.45, 2.75) is 32.2 Å². The predicted molar refractivity (Wildman–Crippen MR) is 111 cm³/mol. The summed E-state index contributed by atoms with van der Waals surface area (Å²) in [6.07, 6.45) is 6.60. The van der Waals surface area contributed by atoms with Crippen molar-refractivity contribution in [3.8, 4) is 0 Å². The van der Waals surface area contributed by atoms with Crippen LogP contribution in [0.4, 0.5) is 0 Å². The van der Waals surface area contributed by atoms with Gasteiger partial charge in [0.2, 0.25) is 5.91 Å². The Morgan fingerprint density at radius 2 is 2.00 bits per heavy atom. The molecule has 0 saturated carbocycles. The Balaban J connectivity index is 1.51. The van der Waals surface area contributed by atoms with Crippen LogP contribution in [0.1, 0.15) is 25.5 Å². The van der Waals surface area contributed by atoms with E-state index in [9.17, 15) is 4.79 Å². The summed E-state index contributed by atoms with van der Waals surface area (Å²) in [7, 11) is 0. The predicted octanol–water partition coefficient (Wildman–Crippen LogP) is 1.58. The molecule has 0 spiro atoms. The molecule has 7 nitrogen and oxygen atoms in total. The van der Waals surface area contributed by atoms with E-state index in [0.717, 1.165) is 70.3 Å². The van der Waals surface area contributed by atoms with Crippen LogP contribution in [0.2, 0.25) is 0 Å². The molecule has 1 aromatic rings. The molecule has 0 radical (unpaired) electrons. The number of nitrogens with one attached hydrogen (secondary N) is 1. The summed E-state index contributed by atoms with van der Waals surface area (Å²) in [5.74, 6) is 2.14. The molecule has 3 rings (SSSR count). The summed E-state index contributed by atoms with van der Waals surface area (Å²) in [6.45, 7) is 12.5. The standard InChI is InChI=1S/C21H33N5O2/c1-3-9-22-21(23-10-8-19-7-6-17-28-19)26-15-13-24(14-16-26)18(2)20(27)25-11-4-5-12-25/h3,6-7,17-18H,1,4-5,8-16H2,2H3,(H,22,23). The first-order valence-electron chi connectivity index (χ1n) is 10.4. The van der Waals surface area contributed by atoms with Crippen LogP contribution < -0.4 is 5.32 Å². The largest absolute Gasteiger partial charge is 0.469 e. The van der Waals surface area contributed by atoms with E-state index < -0.39 is 0 Å². The van der Waals surface area contributed by atoms with E-state index in [4.69, 9.17) is 9.41 Å². The second-order valence-electron chi connectivity index (χ2n) is 7.44. The van der Waals surface area contributed by atoms with Crippen LogP contribution in [-0.2, 0) is 11.2 Å². The molecule has 1 amide bonds. The third-order valence-electron chi connectivity index (χ3n) is 5.54. The molecule has 7 heteroatoms. The van der Waals surface area contributed by atoms with Crippen molar-refractivity contribution < 1.29 is 9.21 Å². The minimum atomic E-state index is -0.0410. The fourth-order valence-corrected chi connectivity index (χ4v) is 3.84. The normalized spacial score (nSPS) is 19.7. The lowest BCUT2D eigenvalue weighted by atomic mass is 10.2. The van der Waals surface area contributed by atoms with Crippen LogP contribution in [0.5, 0.6) is 0 Å². The maximum Gasteiger partial charge on any atom is 0.239 e. The van der Waals surface area contributed by atoms with Gasteiger partial charge < -0.3 is 19.5 Å². The lowest BCUT2D eigenvalue weighted by Gasteiger charge is -2.39. The van der Waals surface area contributed by atoms with Crippen LogP contribution in [0.15, 0.2) is 40.5 Å². The number of furan rings is 1. The van der Waals surface area contributed by atoms with Crippen molar-refractivity contribution in [3.63, 3.8) is 0 Å². The van der Waals surface area contributed by atoms with Crippen LogP contribution in [0, 0.1) is 0 Å². The first-order chi connectivity index (χ1) is 13.7. The zero-order chi connectivity index (χ0) is 19.8. The zero-order valence-electron chi connectivity index (χ0n) is 17.0. The van der Waals surface area contributed by atoms with Crippen molar-refractivity contribution >= 4 is 11.9 Å². The number of amides is 1. The quantitative estimate of drug-likeness (QED) is 0.437. The van der Waals surface area contributed by atoms with Gasteiger partial charge in [0, 0.05) is 58.8 Å². The lowest BCUT2D eigenvalue weighted by molar-refractivity contribution is -0.135. The summed E-state index contributed by atoms with van der Waals surface area (Å²) in [5, 5.41) is 3.36. The molecule has 1 aromatic heterocycles.